The molecule has 140 valence electrons. The van der Waals surface area contributed by atoms with E-state index in [-0.39, 0.29) is 18.3 Å². The molecular weight excluding hydrogens is 356 g/mol. The average Bonchev–Trinajstić information content (AvgIpc) is 2.72. The van der Waals surface area contributed by atoms with Crippen molar-refractivity contribution in [3.63, 3.8) is 0 Å². The van der Waals surface area contributed by atoms with Crippen LogP contribution in [0.1, 0.15) is 10.4 Å². The molecule has 0 aliphatic rings. The van der Waals surface area contributed by atoms with E-state index in [2.05, 4.69) is 15.5 Å². The standard InChI is InChI=1S/C21H18N4O3/c22-20(26)14-28-19-9-5-4-8-18(19)21(27)23-15-10-12-17(13-11-15)25-24-16-6-2-1-3-7-16/h1-13H,14H2,(H2,22,26)(H,23,27). The third-order valence-electron chi connectivity index (χ3n) is 3.66. The van der Waals surface area contributed by atoms with Gasteiger partial charge in [0.05, 0.1) is 16.9 Å². The Hall–Kier alpha value is -4.00. The summed E-state index contributed by atoms with van der Waals surface area (Å²) in [5, 5.41) is 11.1. The van der Waals surface area contributed by atoms with Crippen molar-refractivity contribution in [2.45, 2.75) is 0 Å². The van der Waals surface area contributed by atoms with Gasteiger partial charge in [0.25, 0.3) is 11.8 Å². The topological polar surface area (TPSA) is 106 Å². The van der Waals surface area contributed by atoms with Crippen LogP contribution in [0.3, 0.4) is 0 Å². The van der Waals surface area contributed by atoms with Crippen molar-refractivity contribution in [1.82, 2.24) is 0 Å². The molecule has 0 aliphatic heterocycles. The molecule has 3 aromatic carbocycles. The fraction of sp³-hybridized carbons (Fsp3) is 0.0476. The van der Waals surface area contributed by atoms with Crippen LogP contribution in [0, 0.1) is 0 Å². The van der Waals surface area contributed by atoms with Crippen molar-refractivity contribution in [1.29, 1.82) is 0 Å². The first-order valence-electron chi connectivity index (χ1n) is 8.50. The summed E-state index contributed by atoms with van der Waals surface area (Å²) in [5.74, 6) is -0.693. The Bertz CT molecular complexity index is 986. The monoisotopic (exact) mass is 374 g/mol. The third-order valence-corrected chi connectivity index (χ3v) is 3.66. The van der Waals surface area contributed by atoms with E-state index in [0.29, 0.717) is 16.9 Å². The number of anilines is 1. The minimum absolute atomic E-state index is 0.284. The molecule has 0 spiro atoms. The van der Waals surface area contributed by atoms with Gasteiger partial charge in [-0.1, -0.05) is 30.3 Å². The maximum absolute atomic E-state index is 12.5. The molecule has 7 nitrogen and oxygen atoms in total. The van der Waals surface area contributed by atoms with E-state index >= 15 is 0 Å². The van der Waals surface area contributed by atoms with E-state index in [1.165, 1.54) is 0 Å². The number of nitrogens with zero attached hydrogens (tertiary/aromatic N) is 2. The van der Waals surface area contributed by atoms with Crippen LogP contribution in [0.2, 0.25) is 0 Å². The fourth-order valence-electron chi connectivity index (χ4n) is 2.35. The summed E-state index contributed by atoms with van der Waals surface area (Å²) in [6, 6.07) is 23.0. The maximum atomic E-state index is 12.5. The third kappa shape index (κ3) is 5.25. The zero-order valence-corrected chi connectivity index (χ0v) is 14.9. The first kappa shape index (κ1) is 18.8. The van der Waals surface area contributed by atoms with E-state index < -0.39 is 5.91 Å². The van der Waals surface area contributed by atoms with Gasteiger partial charge in [0.2, 0.25) is 0 Å². The van der Waals surface area contributed by atoms with Gasteiger partial charge in [-0.15, -0.1) is 0 Å². The number of carbonyl (C=O) groups is 2. The van der Waals surface area contributed by atoms with Gasteiger partial charge in [-0.3, -0.25) is 9.59 Å². The van der Waals surface area contributed by atoms with Gasteiger partial charge in [-0.05, 0) is 48.5 Å². The molecular formula is C21H18N4O3. The molecule has 0 unspecified atom stereocenters. The molecule has 3 aromatic rings. The summed E-state index contributed by atoms with van der Waals surface area (Å²) in [6.45, 7) is -0.300. The Labute approximate surface area is 161 Å². The van der Waals surface area contributed by atoms with Crippen LogP contribution in [0.4, 0.5) is 17.1 Å². The quantitative estimate of drug-likeness (QED) is 0.605. The van der Waals surface area contributed by atoms with Crippen molar-refractivity contribution in [2.24, 2.45) is 16.0 Å². The number of carbonyl (C=O) groups excluding carboxylic acids is 2. The van der Waals surface area contributed by atoms with Gasteiger partial charge in [-0.2, -0.15) is 10.2 Å². The average molecular weight is 374 g/mol. The number of rotatable bonds is 7. The molecule has 3 N–H and O–H groups in total. The Morgan fingerprint density at radius 3 is 2.11 bits per heavy atom. The molecule has 0 saturated heterocycles. The summed E-state index contributed by atoms with van der Waals surface area (Å²) >= 11 is 0. The van der Waals surface area contributed by atoms with Crippen LogP contribution in [0.5, 0.6) is 5.75 Å². The Kier molecular flexibility index (Phi) is 6.10. The Morgan fingerprint density at radius 2 is 1.43 bits per heavy atom. The largest absolute Gasteiger partial charge is 0.483 e. The first-order valence-corrected chi connectivity index (χ1v) is 8.50. The SMILES string of the molecule is NC(=O)COc1ccccc1C(=O)Nc1ccc(N=Nc2ccccc2)cc1. The smallest absolute Gasteiger partial charge is 0.259 e. The molecule has 0 bridgehead atoms. The number of nitrogens with two attached hydrogens (primary N) is 1. The molecule has 0 aromatic heterocycles. The van der Waals surface area contributed by atoms with E-state index in [9.17, 15) is 9.59 Å². The number of azo groups is 1. The summed E-state index contributed by atoms with van der Waals surface area (Å²) in [7, 11) is 0. The van der Waals surface area contributed by atoms with Crippen molar-refractivity contribution in [3.05, 3.63) is 84.4 Å². The Morgan fingerprint density at radius 1 is 0.821 bits per heavy atom. The first-order chi connectivity index (χ1) is 13.6. The van der Waals surface area contributed by atoms with Crippen LogP contribution in [0.15, 0.2) is 89.1 Å². The van der Waals surface area contributed by atoms with Gasteiger partial charge in [0.15, 0.2) is 6.61 Å². The van der Waals surface area contributed by atoms with Gasteiger partial charge in [0.1, 0.15) is 5.75 Å². The number of benzene rings is 3. The molecule has 3 rings (SSSR count). The highest BCUT2D eigenvalue weighted by Gasteiger charge is 2.13. The predicted molar refractivity (Wildman–Crippen MR) is 106 cm³/mol. The number of nitrogens with one attached hydrogen (secondary N) is 1. The van der Waals surface area contributed by atoms with E-state index in [1.54, 1.807) is 48.5 Å². The molecule has 0 atom stereocenters. The van der Waals surface area contributed by atoms with Gasteiger partial charge in [0, 0.05) is 5.69 Å². The summed E-state index contributed by atoms with van der Waals surface area (Å²) in [4.78, 5) is 23.4. The minimum Gasteiger partial charge on any atom is -0.483 e. The van der Waals surface area contributed by atoms with Gasteiger partial charge >= 0.3 is 0 Å². The molecule has 28 heavy (non-hydrogen) atoms. The number of para-hydroxylation sites is 1. The molecule has 7 heteroatoms. The van der Waals surface area contributed by atoms with Gasteiger partial charge < -0.3 is 15.8 Å². The molecule has 0 saturated carbocycles. The second kappa shape index (κ2) is 9.09. The lowest BCUT2D eigenvalue weighted by molar-refractivity contribution is -0.119. The molecule has 0 radical (unpaired) electrons. The molecule has 0 aliphatic carbocycles. The molecule has 0 fully saturated rings. The minimum atomic E-state index is -0.615. The van der Waals surface area contributed by atoms with Crippen molar-refractivity contribution >= 4 is 28.9 Å². The fourth-order valence-corrected chi connectivity index (χ4v) is 2.35. The summed E-state index contributed by atoms with van der Waals surface area (Å²) < 4.78 is 5.29. The highest BCUT2D eigenvalue weighted by Crippen LogP contribution is 2.22. The second-order valence-corrected chi connectivity index (χ2v) is 5.79. The molecule has 2 amide bonds. The van der Waals surface area contributed by atoms with Crippen LogP contribution in [-0.4, -0.2) is 18.4 Å². The van der Waals surface area contributed by atoms with Gasteiger partial charge in [-0.25, -0.2) is 0 Å². The van der Waals surface area contributed by atoms with Crippen LogP contribution in [-0.2, 0) is 4.79 Å². The predicted octanol–water partition coefficient (Wildman–Crippen LogP) is 4.22. The van der Waals surface area contributed by atoms with Crippen LogP contribution in [0.25, 0.3) is 0 Å². The number of hydrogen-bond acceptors (Lipinski definition) is 5. The van der Waals surface area contributed by atoms with Crippen LogP contribution >= 0.6 is 0 Å². The number of primary amides is 1. The van der Waals surface area contributed by atoms with Crippen LogP contribution < -0.4 is 15.8 Å². The number of hydrogen-bond donors (Lipinski definition) is 2. The number of amides is 2. The Balaban J connectivity index is 1.66. The van der Waals surface area contributed by atoms with Crippen molar-refractivity contribution < 1.29 is 14.3 Å². The van der Waals surface area contributed by atoms with E-state index in [0.717, 1.165) is 5.69 Å². The lowest BCUT2D eigenvalue weighted by Crippen LogP contribution is -2.21. The maximum Gasteiger partial charge on any atom is 0.259 e. The highest BCUT2D eigenvalue weighted by atomic mass is 16.5. The second-order valence-electron chi connectivity index (χ2n) is 5.79. The lowest BCUT2D eigenvalue weighted by Gasteiger charge is -2.10. The zero-order chi connectivity index (χ0) is 19.8. The lowest BCUT2D eigenvalue weighted by atomic mass is 10.2. The number of ether oxygens (including phenoxy) is 1. The molecule has 0 heterocycles. The highest BCUT2D eigenvalue weighted by molar-refractivity contribution is 6.06. The normalized spacial score (nSPS) is 10.6. The van der Waals surface area contributed by atoms with Crippen molar-refractivity contribution in [2.75, 3.05) is 11.9 Å². The van der Waals surface area contributed by atoms with E-state index in [1.807, 2.05) is 30.3 Å². The van der Waals surface area contributed by atoms with Crippen molar-refractivity contribution in [3.8, 4) is 5.75 Å². The van der Waals surface area contributed by atoms with E-state index in [4.69, 9.17) is 10.5 Å². The summed E-state index contributed by atoms with van der Waals surface area (Å²) in [6.07, 6.45) is 0. The zero-order valence-electron chi connectivity index (χ0n) is 14.9. The summed E-state index contributed by atoms with van der Waals surface area (Å²) in [5.41, 5.74) is 7.39.